The van der Waals surface area contributed by atoms with Crippen molar-refractivity contribution in [3.63, 3.8) is 0 Å². The molecular formula is C9H10BCl. The Morgan fingerprint density at radius 1 is 1.27 bits per heavy atom. The van der Waals surface area contributed by atoms with Gasteiger partial charge in [-0.2, -0.15) is 0 Å². The van der Waals surface area contributed by atoms with Crippen LogP contribution in [0.1, 0.15) is 5.56 Å². The van der Waals surface area contributed by atoms with E-state index < -0.39 is 0 Å². The van der Waals surface area contributed by atoms with Crippen molar-refractivity contribution < 1.29 is 0 Å². The number of hydrogen-bond donors (Lipinski definition) is 0. The van der Waals surface area contributed by atoms with Crippen LogP contribution in [-0.4, -0.2) is 13.2 Å². The first-order valence-electron chi connectivity index (χ1n) is 3.71. The molecule has 0 aromatic heterocycles. The molecule has 1 atom stereocenters. The van der Waals surface area contributed by atoms with Crippen molar-refractivity contribution in [2.45, 2.75) is 18.1 Å². The molecule has 56 valence electrons. The van der Waals surface area contributed by atoms with Crippen LogP contribution >= 0.6 is 11.6 Å². The summed E-state index contributed by atoms with van der Waals surface area (Å²) in [6.07, 6.45) is 1.40. The van der Waals surface area contributed by atoms with Gasteiger partial charge in [-0.05, 0) is 12.0 Å². The number of benzene rings is 1. The van der Waals surface area contributed by atoms with Crippen LogP contribution in [0, 0.1) is 0 Å². The minimum atomic E-state index is 0.0670. The Hall–Kier alpha value is -0.425. The fourth-order valence-corrected chi connectivity index (χ4v) is 1.13. The summed E-state index contributed by atoms with van der Waals surface area (Å²) in [5, 5.41) is 0.0670. The molecule has 0 heterocycles. The Kier molecular flexibility index (Phi) is 3.51. The van der Waals surface area contributed by atoms with Gasteiger partial charge in [-0.3, -0.25) is 0 Å². The van der Waals surface area contributed by atoms with Gasteiger partial charge in [-0.25, -0.2) is 0 Å². The number of alkyl halides is 1. The molecule has 2 radical (unpaired) electrons. The van der Waals surface area contributed by atoms with Crippen LogP contribution in [0.15, 0.2) is 30.3 Å². The molecule has 0 saturated carbocycles. The van der Waals surface area contributed by atoms with E-state index in [9.17, 15) is 0 Å². The molecule has 0 bridgehead atoms. The van der Waals surface area contributed by atoms with Crippen molar-refractivity contribution in [3.05, 3.63) is 35.9 Å². The second-order valence-corrected chi connectivity index (χ2v) is 3.14. The Balaban J connectivity index is 2.51. The summed E-state index contributed by atoms with van der Waals surface area (Å²) in [6.45, 7) is 0. The van der Waals surface area contributed by atoms with Gasteiger partial charge < -0.3 is 0 Å². The maximum atomic E-state index is 5.87. The van der Waals surface area contributed by atoms with Crippen molar-refractivity contribution in [2.75, 3.05) is 0 Å². The molecule has 0 nitrogen and oxygen atoms in total. The standard InChI is InChI=1S/C9H10BCl/c10-7-9(11)6-8-4-2-1-3-5-8/h1-5,9H,6-7H2. The first-order chi connectivity index (χ1) is 5.33. The van der Waals surface area contributed by atoms with E-state index in [1.54, 1.807) is 0 Å². The molecule has 0 amide bonds. The summed E-state index contributed by atoms with van der Waals surface area (Å²) in [4.78, 5) is 0. The summed E-state index contributed by atoms with van der Waals surface area (Å²) in [5.74, 6) is 0. The maximum absolute atomic E-state index is 5.87. The van der Waals surface area contributed by atoms with Gasteiger partial charge in [0.05, 0.1) is 7.85 Å². The molecule has 1 aromatic carbocycles. The first-order valence-corrected chi connectivity index (χ1v) is 4.14. The highest BCUT2D eigenvalue weighted by Gasteiger charge is 2.00. The minimum absolute atomic E-state index is 0.0670. The van der Waals surface area contributed by atoms with Gasteiger partial charge in [0.1, 0.15) is 0 Å². The summed E-state index contributed by atoms with van der Waals surface area (Å²) >= 11 is 5.87. The Bertz CT molecular complexity index is 198. The van der Waals surface area contributed by atoms with Crippen LogP contribution in [0.5, 0.6) is 0 Å². The molecule has 0 aliphatic rings. The predicted molar refractivity (Wildman–Crippen MR) is 50.3 cm³/mol. The van der Waals surface area contributed by atoms with E-state index in [1.807, 2.05) is 18.2 Å². The van der Waals surface area contributed by atoms with E-state index in [0.717, 1.165) is 6.42 Å². The Labute approximate surface area is 74.0 Å². The van der Waals surface area contributed by atoms with Crippen molar-refractivity contribution in [1.29, 1.82) is 0 Å². The fraction of sp³-hybridized carbons (Fsp3) is 0.333. The lowest BCUT2D eigenvalue weighted by Gasteiger charge is -2.05. The normalized spacial score (nSPS) is 12.8. The van der Waals surface area contributed by atoms with Crippen molar-refractivity contribution in [2.24, 2.45) is 0 Å². The van der Waals surface area contributed by atoms with Crippen molar-refractivity contribution in [3.8, 4) is 0 Å². The minimum Gasteiger partial charge on any atom is -0.123 e. The molecule has 0 spiro atoms. The molecule has 1 aromatic rings. The van der Waals surface area contributed by atoms with E-state index in [1.165, 1.54) is 5.56 Å². The number of hydrogen-bond acceptors (Lipinski definition) is 0. The first kappa shape index (κ1) is 8.67. The third-order valence-electron chi connectivity index (χ3n) is 1.56. The Morgan fingerprint density at radius 3 is 2.45 bits per heavy atom. The zero-order valence-electron chi connectivity index (χ0n) is 6.33. The molecule has 0 aliphatic carbocycles. The van der Waals surface area contributed by atoms with Gasteiger partial charge in [-0.15, -0.1) is 11.6 Å². The van der Waals surface area contributed by atoms with Crippen molar-refractivity contribution in [1.82, 2.24) is 0 Å². The highest BCUT2D eigenvalue weighted by atomic mass is 35.5. The average molecular weight is 164 g/mol. The fourth-order valence-electron chi connectivity index (χ4n) is 0.953. The van der Waals surface area contributed by atoms with Crippen molar-refractivity contribution >= 4 is 19.4 Å². The van der Waals surface area contributed by atoms with Crippen LogP contribution in [0.4, 0.5) is 0 Å². The largest absolute Gasteiger partial charge is 0.123 e. The van der Waals surface area contributed by atoms with Crippen LogP contribution < -0.4 is 0 Å². The topological polar surface area (TPSA) is 0 Å². The lowest BCUT2D eigenvalue weighted by molar-refractivity contribution is 0.929. The van der Waals surface area contributed by atoms with Gasteiger partial charge in [-0.1, -0.05) is 36.7 Å². The molecule has 0 saturated heterocycles. The summed E-state index contributed by atoms with van der Waals surface area (Å²) in [7, 11) is 5.39. The third kappa shape index (κ3) is 2.98. The van der Waals surface area contributed by atoms with Gasteiger partial charge in [0.2, 0.25) is 0 Å². The second-order valence-electron chi connectivity index (χ2n) is 2.52. The summed E-state index contributed by atoms with van der Waals surface area (Å²) in [6, 6.07) is 10.1. The molecule has 1 rings (SSSR count). The lowest BCUT2D eigenvalue weighted by atomic mass is 9.97. The zero-order valence-corrected chi connectivity index (χ0v) is 7.09. The van der Waals surface area contributed by atoms with E-state index in [0.29, 0.717) is 6.32 Å². The highest BCUT2D eigenvalue weighted by Crippen LogP contribution is 2.09. The van der Waals surface area contributed by atoms with Crippen LogP contribution in [0.3, 0.4) is 0 Å². The van der Waals surface area contributed by atoms with E-state index >= 15 is 0 Å². The second kappa shape index (κ2) is 4.45. The summed E-state index contributed by atoms with van der Waals surface area (Å²) in [5.41, 5.74) is 1.25. The SMILES string of the molecule is [B]CC(Cl)Cc1ccccc1. The summed E-state index contributed by atoms with van der Waals surface area (Å²) < 4.78 is 0. The number of rotatable bonds is 3. The van der Waals surface area contributed by atoms with Crippen LogP contribution in [0.2, 0.25) is 6.32 Å². The van der Waals surface area contributed by atoms with Crippen LogP contribution in [-0.2, 0) is 6.42 Å². The number of halogens is 1. The molecule has 1 unspecified atom stereocenters. The maximum Gasteiger partial charge on any atom is 0.0673 e. The molecule has 0 fully saturated rings. The molecular weight excluding hydrogens is 154 g/mol. The molecule has 0 N–H and O–H groups in total. The molecule has 11 heavy (non-hydrogen) atoms. The molecule has 2 heteroatoms. The third-order valence-corrected chi connectivity index (χ3v) is 1.89. The zero-order chi connectivity index (χ0) is 8.10. The van der Waals surface area contributed by atoms with Gasteiger partial charge in [0.25, 0.3) is 0 Å². The van der Waals surface area contributed by atoms with Gasteiger partial charge in [0.15, 0.2) is 0 Å². The lowest BCUT2D eigenvalue weighted by Crippen LogP contribution is -2.01. The quantitative estimate of drug-likeness (QED) is 0.475. The van der Waals surface area contributed by atoms with Gasteiger partial charge in [0, 0.05) is 5.38 Å². The average Bonchev–Trinajstić information content (AvgIpc) is 2.06. The van der Waals surface area contributed by atoms with E-state index in [4.69, 9.17) is 19.4 Å². The monoisotopic (exact) mass is 164 g/mol. The smallest absolute Gasteiger partial charge is 0.0673 e. The Morgan fingerprint density at radius 2 is 1.91 bits per heavy atom. The van der Waals surface area contributed by atoms with Crippen LogP contribution in [0.25, 0.3) is 0 Å². The predicted octanol–water partition coefficient (Wildman–Crippen LogP) is 2.42. The molecule has 0 aliphatic heterocycles. The van der Waals surface area contributed by atoms with E-state index in [2.05, 4.69) is 12.1 Å². The van der Waals surface area contributed by atoms with Gasteiger partial charge >= 0.3 is 0 Å². The highest BCUT2D eigenvalue weighted by molar-refractivity contribution is 6.25. The van der Waals surface area contributed by atoms with E-state index in [-0.39, 0.29) is 5.38 Å².